The Balaban J connectivity index is 2.11. The fourth-order valence-electron chi connectivity index (χ4n) is 2.17. The van der Waals surface area contributed by atoms with Gasteiger partial charge in [-0.2, -0.15) is 0 Å². The van der Waals surface area contributed by atoms with E-state index >= 15 is 0 Å². The molecule has 1 aromatic carbocycles. The van der Waals surface area contributed by atoms with Crippen molar-refractivity contribution in [2.24, 2.45) is 0 Å². The molecule has 8 heteroatoms. The molecule has 1 atom stereocenters. The molecule has 0 aliphatic heterocycles. The van der Waals surface area contributed by atoms with Gasteiger partial charge in [-0.05, 0) is 24.3 Å². The third-order valence-electron chi connectivity index (χ3n) is 3.15. The molecule has 1 N–H and O–H groups in total. The second-order valence-corrected chi connectivity index (χ2v) is 6.00. The lowest BCUT2D eigenvalue weighted by Gasteiger charge is -2.10. The summed E-state index contributed by atoms with van der Waals surface area (Å²) in [6, 6.07) is 10.7. The van der Waals surface area contributed by atoms with Gasteiger partial charge in [0.25, 0.3) is 0 Å². The van der Waals surface area contributed by atoms with E-state index in [4.69, 9.17) is 9.84 Å². The molecule has 0 radical (unpaired) electrons. The van der Waals surface area contributed by atoms with Gasteiger partial charge in [0, 0.05) is 11.8 Å². The minimum absolute atomic E-state index is 0.221. The highest BCUT2D eigenvalue weighted by Gasteiger charge is 2.13. The lowest BCUT2D eigenvalue weighted by molar-refractivity contribution is -0.139. The SMILES string of the molecule is CS(=O)c1ncc2ccc(-c3ccccc3OCC(=O)O)n2n1. The molecule has 2 aromatic heterocycles. The van der Waals surface area contributed by atoms with E-state index in [0.717, 1.165) is 5.52 Å². The first kappa shape index (κ1) is 15.2. The molecule has 118 valence electrons. The van der Waals surface area contributed by atoms with Crippen LogP contribution in [0, 0.1) is 0 Å². The summed E-state index contributed by atoms with van der Waals surface area (Å²) in [4.78, 5) is 14.8. The van der Waals surface area contributed by atoms with Crippen LogP contribution in [0.5, 0.6) is 5.75 Å². The molecule has 7 nitrogen and oxygen atoms in total. The smallest absolute Gasteiger partial charge is 0.341 e. The summed E-state index contributed by atoms with van der Waals surface area (Å²) in [7, 11) is -1.30. The Morgan fingerprint density at radius 3 is 2.83 bits per heavy atom. The third-order valence-corrected chi connectivity index (χ3v) is 3.85. The maximum atomic E-state index is 11.6. The Bertz CT molecular complexity index is 907. The van der Waals surface area contributed by atoms with Gasteiger partial charge in [-0.1, -0.05) is 12.1 Å². The topological polar surface area (TPSA) is 93.8 Å². The summed E-state index contributed by atoms with van der Waals surface area (Å²) in [5, 5.41) is 13.3. The van der Waals surface area contributed by atoms with Gasteiger partial charge in [0.15, 0.2) is 6.61 Å². The molecule has 3 rings (SSSR count). The van der Waals surface area contributed by atoms with Gasteiger partial charge in [-0.15, -0.1) is 5.10 Å². The normalized spacial score (nSPS) is 12.2. The lowest BCUT2D eigenvalue weighted by Crippen LogP contribution is -2.10. The van der Waals surface area contributed by atoms with Crippen molar-refractivity contribution in [1.82, 2.24) is 14.6 Å². The highest BCUT2D eigenvalue weighted by Crippen LogP contribution is 2.30. The molecule has 0 saturated carbocycles. The predicted octanol–water partition coefficient (Wildman–Crippen LogP) is 1.60. The Hall–Kier alpha value is -2.74. The van der Waals surface area contributed by atoms with E-state index in [9.17, 15) is 9.00 Å². The van der Waals surface area contributed by atoms with Crippen molar-refractivity contribution in [2.75, 3.05) is 12.9 Å². The van der Waals surface area contributed by atoms with Crippen LogP contribution in [0.25, 0.3) is 16.8 Å². The summed E-state index contributed by atoms with van der Waals surface area (Å²) in [6.45, 7) is -0.431. The first-order chi connectivity index (χ1) is 11.1. The molecule has 0 aliphatic carbocycles. The number of carbonyl (C=O) groups is 1. The van der Waals surface area contributed by atoms with Gasteiger partial charge in [-0.3, -0.25) is 4.21 Å². The maximum Gasteiger partial charge on any atom is 0.341 e. The van der Waals surface area contributed by atoms with Crippen LogP contribution in [0.2, 0.25) is 0 Å². The third kappa shape index (κ3) is 3.07. The minimum atomic E-state index is -1.30. The maximum absolute atomic E-state index is 11.6. The molecule has 2 heterocycles. The largest absolute Gasteiger partial charge is 0.481 e. The van der Waals surface area contributed by atoms with E-state index in [0.29, 0.717) is 17.0 Å². The van der Waals surface area contributed by atoms with Crippen molar-refractivity contribution in [3.8, 4) is 17.0 Å². The summed E-state index contributed by atoms with van der Waals surface area (Å²) < 4.78 is 18.5. The van der Waals surface area contributed by atoms with E-state index < -0.39 is 23.4 Å². The van der Waals surface area contributed by atoms with Gasteiger partial charge in [-0.25, -0.2) is 14.3 Å². The lowest BCUT2D eigenvalue weighted by atomic mass is 10.1. The molecule has 0 bridgehead atoms. The van der Waals surface area contributed by atoms with Gasteiger partial charge < -0.3 is 9.84 Å². The number of carboxylic acids is 1. The van der Waals surface area contributed by atoms with Crippen LogP contribution in [-0.4, -0.2) is 42.7 Å². The molecule has 0 saturated heterocycles. The molecule has 0 amide bonds. The number of aliphatic carboxylic acids is 1. The number of aromatic nitrogens is 3. The van der Waals surface area contributed by atoms with E-state index in [1.807, 2.05) is 24.3 Å². The van der Waals surface area contributed by atoms with E-state index in [-0.39, 0.29) is 5.16 Å². The predicted molar refractivity (Wildman–Crippen MR) is 83.9 cm³/mol. The van der Waals surface area contributed by atoms with E-state index in [2.05, 4.69) is 10.1 Å². The van der Waals surface area contributed by atoms with Gasteiger partial charge in [0.2, 0.25) is 5.16 Å². The number of rotatable bonds is 5. The van der Waals surface area contributed by atoms with E-state index in [1.54, 1.807) is 22.8 Å². The van der Waals surface area contributed by atoms with Gasteiger partial charge >= 0.3 is 5.97 Å². The van der Waals surface area contributed by atoms with Gasteiger partial charge in [0.1, 0.15) is 5.75 Å². The van der Waals surface area contributed by atoms with Crippen molar-refractivity contribution in [2.45, 2.75) is 5.16 Å². The quantitative estimate of drug-likeness (QED) is 0.763. The zero-order chi connectivity index (χ0) is 16.4. The number of ether oxygens (including phenoxy) is 1. The van der Waals surface area contributed by atoms with Crippen LogP contribution in [0.1, 0.15) is 0 Å². The molecular weight excluding hydrogens is 318 g/mol. The Morgan fingerprint density at radius 1 is 1.30 bits per heavy atom. The second-order valence-electron chi connectivity index (χ2n) is 4.73. The zero-order valence-corrected chi connectivity index (χ0v) is 13.0. The van der Waals surface area contributed by atoms with Crippen molar-refractivity contribution in [3.05, 3.63) is 42.6 Å². The van der Waals surface area contributed by atoms with Crippen molar-refractivity contribution >= 4 is 22.3 Å². The van der Waals surface area contributed by atoms with Crippen LogP contribution in [0.3, 0.4) is 0 Å². The fourth-order valence-corrected chi connectivity index (χ4v) is 2.56. The number of fused-ring (bicyclic) bond motifs is 1. The average Bonchev–Trinajstić information content (AvgIpc) is 2.96. The number of nitrogens with zero attached hydrogens (tertiary/aromatic N) is 3. The molecule has 0 spiro atoms. The summed E-state index contributed by atoms with van der Waals surface area (Å²) in [6.07, 6.45) is 3.10. The second kappa shape index (κ2) is 6.17. The Kier molecular flexibility index (Phi) is 4.07. The van der Waals surface area contributed by atoms with Crippen LogP contribution < -0.4 is 4.74 Å². The van der Waals surface area contributed by atoms with E-state index in [1.165, 1.54) is 6.26 Å². The van der Waals surface area contributed by atoms with Crippen LogP contribution >= 0.6 is 0 Å². The number of carboxylic acid groups (broad SMARTS) is 1. The van der Waals surface area contributed by atoms with Crippen LogP contribution in [0.4, 0.5) is 0 Å². The first-order valence-electron chi connectivity index (χ1n) is 6.68. The molecule has 0 fully saturated rings. The standard InChI is InChI=1S/C15H13N3O4S/c1-23(21)15-16-8-10-6-7-12(18(10)17-15)11-4-2-3-5-13(11)22-9-14(19)20/h2-8H,9H2,1H3,(H,19,20). The van der Waals surface area contributed by atoms with Crippen molar-refractivity contribution in [3.63, 3.8) is 0 Å². The van der Waals surface area contributed by atoms with Crippen molar-refractivity contribution < 1.29 is 18.8 Å². The molecule has 3 aromatic rings. The Labute approximate surface area is 134 Å². The summed E-state index contributed by atoms with van der Waals surface area (Å²) in [5.41, 5.74) is 2.14. The van der Waals surface area contributed by atoms with Gasteiger partial charge in [0.05, 0.1) is 28.2 Å². The van der Waals surface area contributed by atoms with Crippen LogP contribution in [-0.2, 0) is 15.6 Å². The summed E-state index contributed by atoms with van der Waals surface area (Å²) >= 11 is 0. The summed E-state index contributed by atoms with van der Waals surface area (Å²) in [5.74, 6) is -0.613. The molecule has 1 unspecified atom stereocenters. The number of hydrogen-bond donors (Lipinski definition) is 1. The minimum Gasteiger partial charge on any atom is -0.481 e. The highest BCUT2D eigenvalue weighted by molar-refractivity contribution is 7.84. The molecule has 0 aliphatic rings. The van der Waals surface area contributed by atoms with Crippen LogP contribution in [0.15, 0.2) is 47.8 Å². The Morgan fingerprint density at radius 2 is 2.09 bits per heavy atom. The first-order valence-corrected chi connectivity index (χ1v) is 8.24. The average molecular weight is 331 g/mol. The number of para-hydroxylation sites is 1. The number of hydrogen-bond acceptors (Lipinski definition) is 5. The fraction of sp³-hybridized carbons (Fsp3) is 0.133. The van der Waals surface area contributed by atoms with Crippen molar-refractivity contribution in [1.29, 1.82) is 0 Å². The molecular formula is C15H13N3O4S. The number of benzene rings is 1. The zero-order valence-electron chi connectivity index (χ0n) is 12.2. The highest BCUT2D eigenvalue weighted by atomic mass is 32.2. The molecule has 23 heavy (non-hydrogen) atoms. The monoisotopic (exact) mass is 331 g/mol.